The third-order valence-corrected chi connectivity index (χ3v) is 3.23. The molecule has 1 amide bonds. The fraction of sp³-hybridized carbons (Fsp3) is 0.294. The molecule has 8 heteroatoms. The van der Waals surface area contributed by atoms with Crippen LogP contribution in [0.2, 0.25) is 0 Å². The summed E-state index contributed by atoms with van der Waals surface area (Å²) in [7, 11) is 0. The summed E-state index contributed by atoms with van der Waals surface area (Å²) in [5.74, 6) is -4.15. The third-order valence-electron chi connectivity index (χ3n) is 3.23. The normalized spacial score (nSPS) is 11.6. The first-order valence-corrected chi connectivity index (χ1v) is 7.35. The SMILES string of the molecule is Cc1cccc(NC(=O)c2ccc(COCC(F)(F)C(F)F)cc2)n1. The van der Waals surface area contributed by atoms with Crippen molar-refractivity contribution in [1.82, 2.24) is 4.98 Å². The Morgan fingerprint density at radius 2 is 1.88 bits per heavy atom. The van der Waals surface area contributed by atoms with Gasteiger partial charge in [0.2, 0.25) is 0 Å². The molecule has 4 nitrogen and oxygen atoms in total. The van der Waals surface area contributed by atoms with Crippen LogP contribution in [0.5, 0.6) is 0 Å². The molecule has 0 saturated carbocycles. The summed E-state index contributed by atoms with van der Waals surface area (Å²) < 4.78 is 54.1. The molecule has 25 heavy (non-hydrogen) atoms. The average molecular weight is 356 g/mol. The van der Waals surface area contributed by atoms with Gasteiger partial charge >= 0.3 is 12.3 Å². The van der Waals surface area contributed by atoms with E-state index < -0.39 is 19.0 Å². The Balaban J connectivity index is 1.90. The number of alkyl halides is 4. The van der Waals surface area contributed by atoms with Gasteiger partial charge in [0.25, 0.3) is 5.91 Å². The van der Waals surface area contributed by atoms with E-state index in [4.69, 9.17) is 0 Å². The molecule has 1 aromatic heterocycles. The number of anilines is 1. The number of hydrogen-bond donors (Lipinski definition) is 1. The summed E-state index contributed by atoms with van der Waals surface area (Å²) in [4.78, 5) is 16.2. The molecule has 1 N–H and O–H groups in total. The van der Waals surface area contributed by atoms with Gasteiger partial charge in [0, 0.05) is 11.3 Å². The zero-order chi connectivity index (χ0) is 18.4. The van der Waals surface area contributed by atoms with Gasteiger partial charge in [-0.25, -0.2) is 13.8 Å². The lowest BCUT2D eigenvalue weighted by Gasteiger charge is -2.15. The molecule has 2 aromatic rings. The van der Waals surface area contributed by atoms with Crippen LogP contribution in [-0.4, -0.2) is 29.8 Å². The molecule has 0 aliphatic carbocycles. The van der Waals surface area contributed by atoms with E-state index in [1.54, 1.807) is 25.1 Å². The minimum Gasteiger partial charge on any atom is -0.370 e. The van der Waals surface area contributed by atoms with Crippen molar-refractivity contribution < 1.29 is 27.1 Å². The van der Waals surface area contributed by atoms with E-state index in [1.807, 2.05) is 0 Å². The van der Waals surface area contributed by atoms with E-state index in [0.717, 1.165) is 5.69 Å². The molecule has 0 spiro atoms. The van der Waals surface area contributed by atoms with Gasteiger partial charge in [-0.3, -0.25) is 4.79 Å². The second-order valence-electron chi connectivity index (χ2n) is 5.37. The van der Waals surface area contributed by atoms with Crippen molar-refractivity contribution >= 4 is 11.7 Å². The number of rotatable bonds is 7. The van der Waals surface area contributed by atoms with Crippen molar-refractivity contribution in [3.05, 3.63) is 59.3 Å². The maximum absolute atomic E-state index is 12.7. The standard InChI is InChI=1S/C17H16F4N2O2/c1-11-3-2-4-14(22-11)23-15(24)13-7-5-12(6-8-13)9-25-10-17(20,21)16(18)19/h2-8,16H,9-10H2,1H3,(H,22,23,24). The van der Waals surface area contributed by atoms with Crippen molar-refractivity contribution in [2.24, 2.45) is 0 Å². The summed E-state index contributed by atoms with van der Waals surface area (Å²) in [5.41, 5.74) is 1.58. The van der Waals surface area contributed by atoms with Gasteiger partial charge in [-0.15, -0.1) is 0 Å². The van der Waals surface area contributed by atoms with E-state index in [2.05, 4.69) is 15.0 Å². The van der Waals surface area contributed by atoms with Crippen LogP contribution in [0.4, 0.5) is 23.4 Å². The molecule has 134 valence electrons. The van der Waals surface area contributed by atoms with Crippen LogP contribution >= 0.6 is 0 Å². The van der Waals surface area contributed by atoms with Crippen LogP contribution in [0.3, 0.4) is 0 Å². The van der Waals surface area contributed by atoms with Crippen LogP contribution in [0.25, 0.3) is 0 Å². The fourth-order valence-corrected chi connectivity index (χ4v) is 1.92. The van der Waals surface area contributed by atoms with Crippen molar-refractivity contribution in [2.75, 3.05) is 11.9 Å². The molecule has 0 atom stereocenters. The lowest BCUT2D eigenvalue weighted by atomic mass is 10.1. The van der Waals surface area contributed by atoms with E-state index >= 15 is 0 Å². The highest BCUT2D eigenvalue weighted by atomic mass is 19.3. The van der Waals surface area contributed by atoms with Gasteiger partial charge in [-0.05, 0) is 36.8 Å². The van der Waals surface area contributed by atoms with Crippen LogP contribution in [0.15, 0.2) is 42.5 Å². The van der Waals surface area contributed by atoms with Gasteiger partial charge in [0.1, 0.15) is 12.4 Å². The van der Waals surface area contributed by atoms with Crippen LogP contribution in [-0.2, 0) is 11.3 Å². The first kappa shape index (κ1) is 18.9. The highest BCUT2D eigenvalue weighted by molar-refractivity contribution is 6.03. The minimum absolute atomic E-state index is 0.260. The number of nitrogens with one attached hydrogen (secondary N) is 1. The number of aryl methyl sites for hydroxylation is 1. The molecule has 0 unspecified atom stereocenters. The van der Waals surface area contributed by atoms with Crippen molar-refractivity contribution in [1.29, 1.82) is 0 Å². The summed E-state index contributed by atoms with van der Waals surface area (Å²) in [6, 6.07) is 11.2. The molecule has 2 rings (SSSR count). The number of aromatic nitrogens is 1. The predicted molar refractivity (Wildman–Crippen MR) is 84.0 cm³/mol. The second kappa shape index (κ2) is 8.06. The van der Waals surface area contributed by atoms with E-state index in [9.17, 15) is 22.4 Å². The van der Waals surface area contributed by atoms with Crippen LogP contribution in [0.1, 0.15) is 21.6 Å². The number of carbonyl (C=O) groups is 1. The topological polar surface area (TPSA) is 51.2 Å². The van der Waals surface area contributed by atoms with Gasteiger partial charge in [-0.2, -0.15) is 8.78 Å². The molecular weight excluding hydrogens is 340 g/mol. The highest BCUT2D eigenvalue weighted by Crippen LogP contribution is 2.23. The lowest BCUT2D eigenvalue weighted by Crippen LogP contribution is -2.32. The summed E-state index contributed by atoms with van der Waals surface area (Å²) in [5, 5.41) is 2.63. The van der Waals surface area contributed by atoms with E-state index in [0.29, 0.717) is 16.9 Å². The second-order valence-corrected chi connectivity index (χ2v) is 5.37. The van der Waals surface area contributed by atoms with Crippen LogP contribution in [0, 0.1) is 6.92 Å². The Hall–Kier alpha value is -2.48. The zero-order valence-corrected chi connectivity index (χ0v) is 13.3. The summed E-state index contributed by atoms with van der Waals surface area (Å²) in [6.45, 7) is 0.164. The third kappa shape index (κ3) is 5.53. The number of hydrogen-bond acceptors (Lipinski definition) is 3. The largest absolute Gasteiger partial charge is 0.370 e. The maximum atomic E-state index is 12.7. The number of carbonyl (C=O) groups excluding carboxylic acids is 1. The monoisotopic (exact) mass is 356 g/mol. The molecule has 0 fully saturated rings. The van der Waals surface area contributed by atoms with Crippen molar-refractivity contribution in [3.8, 4) is 0 Å². The van der Waals surface area contributed by atoms with Crippen molar-refractivity contribution in [2.45, 2.75) is 25.9 Å². The van der Waals surface area contributed by atoms with Gasteiger partial charge in [-0.1, -0.05) is 18.2 Å². The zero-order valence-electron chi connectivity index (χ0n) is 13.3. The Labute approximate surface area is 141 Å². The first-order chi connectivity index (χ1) is 11.8. The molecule has 1 aromatic carbocycles. The number of amides is 1. The molecule has 0 aliphatic rings. The smallest absolute Gasteiger partial charge is 0.330 e. The minimum atomic E-state index is -4.18. The molecule has 0 bridgehead atoms. The Kier molecular flexibility index (Phi) is 6.08. The molecule has 0 saturated heterocycles. The molecule has 0 radical (unpaired) electrons. The van der Waals surface area contributed by atoms with Gasteiger partial charge < -0.3 is 10.1 Å². The number of benzene rings is 1. The molecular formula is C17H16F4N2O2. The first-order valence-electron chi connectivity index (χ1n) is 7.35. The number of halogens is 4. The molecule has 0 aliphatic heterocycles. The number of nitrogens with zero attached hydrogens (tertiary/aromatic N) is 1. The maximum Gasteiger partial charge on any atom is 0.330 e. The fourth-order valence-electron chi connectivity index (χ4n) is 1.92. The Morgan fingerprint density at radius 3 is 2.48 bits per heavy atom. The van der Waals surface area contributed by atoms with Gasteiger partial charge in [0.15, 0.2) is 0 Å². The van der Waals surface area contributed by atoms with E-state index in [-0.39, 0.29) is 12.5 Å². The summed E-state index contributed by atoms with van der Waals surface area (Å²) >= 11 is 0. The lowest BCUT2D eigenvalue weighted by molar-refractivity contribution is -0.168. The number of pyridine rings is 1. The Bertz CT molecular complexity index is 721. The van der Waals surface area contributed by atoms with Gasteiger partial charge in [0.05, 0.1) is 6.61 Å². The Morgan fingerprint density at radius 1 is 1.20 bits per heavy atom. The van der Waals surface area contributed by atoms with E-state index in [1.165, 1.54) is 24.3 Å². The highest BCUT2D eigenvalue weighted by Gasteiger charge is 2.40. The summed E-state index contributed by atoms with van der Waals surface area (Å²) in [6.07, 6.45) is -3.77. The quantitative estimate of drug-likeness (QED) is 0.761. The molecule has 1 heterocycles. The van der Waals surface area contributed by atoms with Crippen molar-refractivity contribution in [3.63, 3.8) is 0 Å². The average Bonchev–Trinajstić information content (AvgIpc) is 2.55. The predicted octanol–water partition coefficient (Wildman–Crippen LogP) is 4.06. The van der Waals surface area contributed by atoms with Crippen LogP contribution < -0.4 is 5.32 Å². The number of ether oxygens (including phenoxy) is 1.